The summed E-state index contributed by atoms with van der Waals surface area (Å²) in [6.07, 6.45) is 0. The summed E-state index contributed by atoms with van der Waals surface area (Å²) in [6, 6.07) is 18.8. The number of rotatable bonds is 4. The number of hydrogen-bond acceptors (Lipinski definition) is 3. The van der Waals surface area contributed by atoms with E-state index in [1.165, 1.54) is 9.80 Å². The first-order chi connectivity index (χ1) is 11.2. The third-order valence-electron chi connectivity index (χ3n) is 4.26. The Labute approximate surface area is 134 Å². The van der Waals surface area contributed by atoms with E-state index in [0.717, 1.165) is 11.1 Å². The Morgan fingerprint density at radius 2 is 1.39 bits per heavy atom. The van der Waals surface area contributed by atoms with Crippen molar-refractivity contribution in [2.45, 2.75) is 18.8 Å². The Morgan fingerprint density at radius 3 is 1.91 bits per heavy atom. The highest BCUT2D eigenvalue weighted by atomic mass is 16.6. The van der Waals surface area contributed by atoms with E-state index < -0.39 is 5.72 Å². The molecule has 2 aliphatic rings. The molecule has 3 amide bonds. The van der Waals surface area contributed by atoms with Gasteiger partial charge in [-0.2, -0.15) is 0 Å². The van der Waals surface area contributed by atoms with Crippen LogP contribution in [-0.4, -0.2) is 34.1 Å². The topological polar surface area (TPSA) is 53.2 Å². The van der Waals surface area contributed by atoms with Crippen molar-refractivity contribution < 1.29 is 14.3 Å². The van der Waals surface area contributed by atoms with Gasteiger partial charge < -0.3 is 4.74 Å². The van der Waals surface area contributed by atoms with E-state index in [2.05, 4.69) is 0 Å². The van der Waals surface area contributed by atoms with Gasteiger partial charge in [-0.25, -0.2) is 4.79 Å². The average molecular weight is 308 g/mol. The monoisotopic (exact) mass is 308 g/mol. The van der Waals surface area contributed by atoms with Crippen LogP contribution < -0.4 is 0 Å². The minimum Gasteiger partial charge on any atom is -0.339 e. The number of amides is 3. The molecular weight excluding hydrogens is 292 g/mol. The molecule has 2 aliphatic heterocycles. The second kappa shape index (κ2) is 5.21. The van der Waals surface area contributed by atoms with Gasteiger partial charge in [-0.3, -0.25) is 14.6 Å². The van der Waals surface area contributed by atoms with E-state index in [4.69, 9.17) is 4.74 Å². The van der Waals surface area contributed by atoms with E-state index in [9.17, 15) is 9.59 Å². The van der Waals surface area contributed by atoms with Crippen LogP contribution in [0, 0.1) is 0 Å². The van der Waals surface area contributed by atoms with E-state index in [1.807, 2.05) is 60.7 Å². The number of ether oxygens (including phenoxy) is 1. The Morgan fingerprint density at radius 1 is 0.870 bits per heavy atom. The number of carbonyl (C=O) groups excluding carboxylic acids is 2. The minimum absolute atomic E-state index is 0.262. The van der Waals surface area contributed by atoms with Crippen molar-refractivity contribution in [3.63, 3.8) is 0 Å². The summed E-state index contributed by atoms with van der Waals surface area (Å²) >= 11 is 0. The number of nitrogens with zero attached hydrogens (tertiary/aromatic N) is 2. The molecule has 0 bridgehead atoms. The molecule has 0 saturated carbocycles. The first-order valence-electron chi connectivity index (χ1n) is 7.56. The molecule has 5 nitrogen and oxygen atoms in total. The lowest BCUT2D eigenvalue weighted by Gasteiger charge is -2.19. The average Bonchev–Trinajstić information content (AvgIpc) is 3.37. The molecule has 2 aromatic carbocycles. The molecule has 1 spiro atoms. The molecule has 0 N–H and O–H groups in total. The lowest BCUT2D eigenvalue weighted by Crippen LogP contribution is -2.37. The van der Waals surface area contributed by atoms with Crippen molar-refractivity contribution in [1.29, 1.82) is 0 Å². The van der Waals surface area contributed by atoms with Crippen LogP contribution in [0.4, 0.5) is 4.79 Å². The van der Waals surface area contributed by atoms with Gasteiger partial charge in [0, 0.05) is 0 Å². The molecule has 23 heavy (non-hydrogen) atoms. The van der Waals surface area contributed by atoms with Gasteiger partial charge in [-0.1, -0.05) is 60.7 Å². The maximum atomic E-state index is 12.7. The van der Waals surface area contributed by atoms with Gasteiger partial charge >= 0.3 is 6.03 Å². The van der Waals surface area contributed by atoms with Crippen LogP contribution in [0.5, 0.6) is 0 Å². The summed E-state index contributed by atoms with van der Waals surface area (Å²) in [4.78, 5) is 28.2. The van der Waals surface area contributed by atoms with Crippen LogP contribution >= 0.6 is 0 Å². The number of benzene rings is 2. The molecule has 0 aliphatic carbocycles. The highest BCUT2D eigenvalue weighted by molar-refractivity contribution is 6.07. The number of epoxide rings is 1. The van der Waals surface area contributed by atoms with Crippen LogP contribution in [0.25, 0.3) is 0 Å². The Kier molecular flexibility index (Phi) is 3.16. The van der Waals surface area contributed by atoms with Gasteiger partial charge in [0.15, 0.2) is 0 Å². The standard InChI is InChI=1S/C18H16N2O3/c21-16-18(13-23-18)20(12-15-9-5-2-6-10-15)17(22)19(16)11-14-7-3-1-4-8-14/h1-10H,11-13H2. The second-order valence-corrected chi connectivity index (χ2v) is 5.80. The van der Waals surface area contributed by atoms with Gasteiger partial charge in [0.25, 0.3) is 11.6 Å². The van der Waals surface area contributed by atoms with Crippen molar-refractivity contribution in [3.05, 3.63) is 71.8 Å². The second-order valence-electron chi connectivity index (χ2n) is 5.80. The quantitative estimate of drug-likeness (QED) is 0.643. The maximum Gasteiger partial charge on any atom is 0.330 e. The largest absolute Gasteiger partial charge is 0.339 e. The lowest BCUT2D eigenvalue weighted by molar-refractivity contribution is -0.133. The van der Waals surface area contributed by atoms with Crippen molar-refractivity contribution in [2.75, 3.05) is 6.61 Å². The molecule has 2 aromatic rings. The Hall–Kier alpha value is -2.66. The van der Waals surface area contributed by atoms with Crippen molar-refractivity contribution >= 4 is 11.9 Å². The van der Waals surface area contributed by atoms with Crippen LogP contribution in [-0.2, 0) is 22.6 Å². The molecule has 2 fully saturated rings. The molecular formula is C18H16N2O3. The lowest BCUT2D eigenvalue weighted by atomic mass is 10.2. The summed E-state index contributed by atoms with van der Waals surface area (Å²) in [5, 5.41) is 0. The third-order valence-corrected chi connectivity index (χ3v) is 4.26. The smallest absolute Gasteiger partial charge is 0.330 e. The fraction of sp³-hybridized carbons (Fsp3) is 0.222. The van der Waals surface area contributed by atoms with Crippen LogP contribution in [0.1, 0.15) is 11.1 Å². The fourth-order valence-electron chi connectivity index (χ4n) is 2.93. The fourth-order valence-corrected chi connectivity index (χ4v) is 2.93. The summed E-state index contributed by atoms with van der Waals surface area (Å²) in [6.45, 7) is 0.918. The molecule has 2 heterocycles. The zero-order chi connectivity index (χ0) is 15.9. The van der Waals surface area contributed by atoms with E-state index in [-0.39, 0.29) is 25.1 Å². The number of urea groups is 1. The highest BCUT2D eigenvalue weighted by Gasteiger charge is 2.67. The summed E-state index contributed by atoms with van der Waals surface area (Å²) in [5.74, 6) is -0.262. The molecule has 2 saturated heterocycles. The van der Waals surface area contributed by atoms with Crippen LogP contribution in [0.3, 0.4) is 0 Å². The van der Waals surface area contributed by atoms with Crippen molar-refractivity contribution in [3.8, 4) is 0 Å². The summed E-state index contributed by atoms with van der Waals surface area (Å²) < 4.78 is 5.41. The summed E-state index contributed by atoms with van der Waals surface area (Å²) in [5.41, 5.74) is 0.818. The zero-order valence-electron chi connectivity index (χ0n) is 12.5. The predicted octanol–water partition coefficient (Wildman–Crippen LogP) is 2.38. The minimum atomic E-state index is -1.08. The Balaban J connectivity index is 1.59. The number of hydrogen-bond donors (Lipinski definition) is 0. The van der Waals surface area contributed by atoms with Crippen LogP contribution in [0.2, 0.25) is 0 Å². The van der Waals surface area contributed by atoms with Crippen molar-refractivity contribution in [2.24, 2.45) is 0 Å². The Bertz CT molecular complexity index is 741. The predicted molar refractivity (Wildman–Crippen MR) is 83.1 cm³/mol. The molecule has 1 unspecified atom stereocenters. The molecule has 1 atom stereocenters. The normalized spacial score (nSPS) is 23.0. The third kappa shape index (κ3) is 2.29. The molecule has 4 rings (SSSR count). The van der Waals surface area contributed by atoms with Gasteiger partial charge in [0.2, 0.25) is 0 Å². The molecule has 116 valence electrons. The molecule has 5 heteroatoms. The van der Waals surface area contributed by atoms with E-state index in [0.29, 0.717) is 6.54 Å². The van der Waals surface area contributed by atoms with Gasteiger partial charge in [0.05, 0.1) is 13.1 Å². The maximum absolute atomic E-state index is 12.7. The van der Waals surface area contributed by atoms with Crippen molar-refractivity contribution in [1.82, 2.24) is 9.80 Å². The SMILES string of the molecule is O=C1N(Cc2ccccc2)C(=O)C2(CO2)N1Cc1ccccc1. The molecule has 0 radical (unpaired) electrons. The van der Waals surface area contributed by atoms with E-state index >= 15 is 0 Å². The van der Waals surface area contributed by atoms with Crippen LogP contribution in [0.15, 0.2) is 60.7 Å². The van der Waals surface area contributed by atoms with Gasteiger partial charge in [-0.15, -0.1) is 0 Å². The number of imide groups is 1. The first kappa shape index (κ1) is 14.0. The number of carbonyl (C=O) groups is 2. The molecule has 0 aromatic heterocycles. The summed E-state index contributed by atoms with van der Waals surface area (Å²) in [7, 11) is 0. The van der Waals surface area contributed by atoms with Gasteiger partial charge in [-0.05, 0) is 11.1 Å². The highest BCUT2D eigenvalue weighted by Crippen LogP contribution is 2.41. The zero-order valence-corrected chi connectivity index (χ0v) is 12.5. The first-order valence-corrected chi connectivity index (χ1v) is 7.56. The van der Waals surface area contributed by atoms with Gasteiger partial charge in [0.1, 0.15) is 6.61 Å². The van der Waals surface area contributed by atoms with E-state index in [1.54, 1.807) is 0 Å².